The summed E-state index contributed by atoms with van der Waals surface area (Å²) in [4.78, 5) is 20.8. The second kappa shape index (κ2) is 6.73. The van der Waals surface area contributed by atoms with Gasteiger partial charge in [0.2, 0.25) is 5.91 Å². The summed E-state index contributed by atoms with van der Waals surface area (Å²) < 4.78 is 5.32. The number of likely N-dealkylation sites (tertiary alicyclic amines) is 1. The van der Waals surface area contributed by atoms with E-state index in [1.165, 1.54) is 0 Å². The lowest BCUT2D eigenvalue weighted by Crippen LogP contribution is -2.49. The molecule has 0 N–H and O–H groups in total. The normalized spacial score (nSPS) is 23.5. The molecule has 0 aromatic carbocycles. The second-order valence-electron chi connectivity index (χ2n) is 5.53. The van der Waals surface area contributed by atoms with Crippen LogP contribution < -0.4 is 0 Å². The highest BCUT2D eigenvalue weighted by Crippen LogP contribution is 2.24. The van der Waals surface area contributed by atoms with Crippen LogP contribution in [0.2, 0.25) is 5.02 Å². The highest BCUT2D eigenvalue weighted by molar-refractivity contribution is 6.31. The van der Waals surface area contributed by atoms with Gasteiger partial charge in [-0.15, -0.1) is 0 Å². The Kier molecular flexibility index (Phi) is 4.73. The van der Waals surface area contributed by atoms with Crippen molar-refractivity contribution < 1.29 is 9.53 Å². The van der Waals surface area contributed by atoms with Gasteiger partial charge in [0.05, 0.1) is 24.3 Å². The second-order valence-corrected chi connectivity index (χ2v) is 5.94. The van der Waals surface area contributed by atoms with Gasteiger partial charge in [0, 0.05) is 32.0 Å². The fourth-order valence-electron chi connectivity index (χ4n) is 3.04. The van der Waals surface area contributed by atoms with E-state index in [1.807, 2.05) is 11.0 Å². The predicted molar refractivity (Wildman–Crippen MR) is 80.1 cm³/mol. The van der Waals surface area contributed by atoms with Crippen molar-refractivity contribution in [3.05, 3.63) is 29.0 Å². The van der Waals surface area contributed by atoms with Gasteiger partial charge in [-0.3, -0.25) is 14.7 Å². The van der Waals surface area contributed by atoms with Crippen LogP contribution in [0, 0.1) is 0 Å². The maximum atomic E-state index is 12.7. The Morgan fingerprint density at radius 1 is 1.38 bits per heavy atom. The molecule has 0 bridgehead atoms. The quantitative estimate of drug-likeness (QED) is 0.850. The van der Waals surface area contributed by atoms with Crippen LogP contribution in [0.1, 0.15) is 18.4 Å². The number of morpholine rings is 1. The first-order valence-electron chi connectivity index (χ1n) is 7.44. The van der Waals surface area contributed by atoms with Crippen LogP contribution in [-0.4, -0.2) is 59.6 Å². The minimum absolute atomic E-state index is 0.0210. The van der Waals surface area contributed by atoms with E-state index in [0.717, 1.165) is 24.9 Å². The van der Waals surface area contributed by atoms with Crippen LogP contribution in [0.25, 0.3) is 0 Å². The molecule has 0 radical (unpaired) electrons. The first kappa shape index (κ1) is 14.8. The summed E-state index contributed by atoms with van der Waals surface area (Å²) in [7, 11) is 0. The van der Waals surface area contributed by atoms with Gasteiger partial charge >= 0.3 is 0 Å². The molecule has 1 aromatic rings. The van der Waals surface area contributed by atoms with E-state index in [0.29, 0.717) is 37.9 Å². The van der Waals surface area contributed by atoms with Crippen molar-refractivity contribution in [1.82, 2.24) is 14.8 Å². The van der Waals surface area contributed by atoms with Crippen molar-refractivity contribution in [2.75, 3.05) is 32.8 Å². The van der Waals surface area contributed by atoms with E-state index in [9.17, 15) is 4.79 Å². The van der Waals surface area contributed by atoms with Gasteiger partial charge in [0.1, 0.15) is 0 Å². The standard InChI is InChI=1S/C15H20ClN3O2/c16-13-10-17-4-3-12(13)11-19-5-1-2-14(19)15(20)18-6-8-21-9-7-18/h3-4,10,14H,1-2,5-9,11H2. The number of ether oxygens (including phenoxy) is 1. The predicted octanol–water partition coefficient (Wildman–Crippen LogP) is 1.56. The Bertz CT molecular complexity index is 505. The van der Waals surface area contributed by atoms with Crippen molar-refractivity contribution in [2.45, 2.75) is 25.4 Å². The number of carbonyl (C=O) groups excluding carboxylic acids is 1. The molecule has 0 spiro atoms. The van der Waals surface area contributed by atoms with Crippen molar-refractivity contribution in [3.8, 4) is 0 Å². The van der Waals surface area contributed by atoms with E-state index < -0.39 is 0 Å². The van der Waals surface area contributed by atoms with Crippen LogP contribution in [-0.2, 0) is 16.1 Å². The van der Waals surface area contributed by atoms with Crippen LogP contribution >= 0.6 is 11.6 Å². The third-order valence-corrected chi connectivity index (χ3v) is 4.54. The number of aromatic nitrogens is 1. The van der Waals surface area contributed by atoms with Crippen molar-refractivity contribution >= 4 is 17.5 Å². The van der Waals surface area contributed by atoms with Crippen molar-refractivity contribution in [2.24, 2.45) is 0 Å². The molecule has 1 unspecified atom stereocenters. The average molecular weight is 310 g/mol. The number of amides is 1. The highest BCUT2D eigenvalue weighted by atomic mass is 35.5. The molecule has 5 nitrogen and oxygen atoms in total. The smallest absolute Gasteiger partial charge is 0.240 e. The van der Waals surface area contributed by atoms with Crippen molar-refractivity contribution in [1.29, 1.82) is 0 Å². The fraction of sp³-hybridized carbons (Fsp3) is 0.600. The molecule has 0 aliphatic carbocycles. The number of hydrogen-bond donors (Lipinski definition) is 0. The largest absolute Gasteiger partial charge is 0.378 e. The molecule has 1 aromatic heterocycles. The summed E-state index contributed by atoms with van der Waals surface area (Å²) >= 11 is 6.18. The first-order valence-corrected chi connectivity index (χ1v) is 7.82. The van der Waals surface area contributed by atoms with Gasteiger partial charge in [0.25, 0.3) is 0 Å². The Morgan fingerprint density at radius 3 is 2.95 bits per heavy atom. The molecule has 1 atom stereocenters. The molecule has 6 heteroatoms. The summed E-state index contributed by atoms with van der Waals surface area (Å²) in [5.41, 5.74) is 1.04. The third-order valence-electron chi connectivity index (χ3n) is 4.20. The van der Waals surface area contributed by atoms with Gasteiger partial charge in [-0.2, -0.15) is 0 Å². The summed E-state index contributed by atoms with van der Waals surface area (Å²) in [5.74, 6) is 0.237. The van der Waals surface area contributed by atoms with Crippen molar-refractivity contribution in [3.63, 3.8) is 0 Å². The van der Waals surface area contributed by atoms with Gasteiger partial charge < -0.3 is 9.64 Å². The monoisotopic (exact) mass is 309 g/mol. The van der Waals surface area contributed by atoms with Crippen LogP contribution in [0.15, 0.2) is 18.5 Å². The van der Waals surface area contributed by atoms with E-state index in [-0.39, 0.29) is 11.9 Å². The molecule has 3 rings (SSSR count). The number of rotatable bonds is 3. The lowest BCUT2D eigenvalue weighted by Gasteiger charge is -2.32. The van der Waals surface area contributed by atoms with Gasteiger partial charge in [0.15, 0.2) is 0 Å². The molecular formula is C15H20ClN3O2. The fourth-order valence-corrected chi connectivity index (χ4v) is 3.22. The van der Waals surface area contributed by atoms with E-state index >= 15 is 0 Å². The molecule has 1 amide bonds. The molecule has 2 aliphatic rings. The number of halogens is 1. The molecule has 2 aliphatic heterocycles. The lowest BCUT2D eigenvalue weighted by molar-refractivity contribution is -0.140. The highest BCUT2D eigenvalue weighted by Gasteiger charge is 2.34. The average Bonchev–Trinajstić information content (AvgIpc) is 2.98. The maximum Gasteiger partial charge on any atom is 0.240 e. The minimum atomic E-state index is -0.0210. The molecule has 114 valence electrons. The topological polar surface area (TPSA) is 45.7 Å². The number of nitrogens with zero attached hydrogens (tertiary/aromatic N) is 3. The van der Waals surface area contributed by atoms with Crippen LogP contribution in [0.3, 0.4) is 0 Å². The van der Waals surface area contributed by atoms with Crippen LogP contribution in [0.4, 0.5) is 0 Å². The summed E-state index contributed by atoms with van der Waals surface area (Å²) in [6, 6.07) is 1.91. The van der Waals surface area contributed by atoms with E-state index in [2.05, 4.69) is 9.88 Å². The minimum Gasteiger partial charge on any atom is -0.378 e. The van der Waals surface area contributed by atoms with Gasteiger partial charge in [-0.1, -0.05) is 11.6 Å². The SMILES string of the molecule is O=C(C1CCCN1Cc1ccncc1Cl)N1CCOCC1. The Morgan fingerprint density at radius 2 is 2.19 bits per heavy atom. The molecule has 0 saturated carbocycles. The molecule has 2 fully saturated rings. The van der Waals surface area contributed by atoms with E-state index in [1.54, 1.807) is 12.4 Å². The van der Waals surface area contributed by atoms with Gasteiger partial charge in [-0.05, 0) is 31.0 Å². The Balaban J connectivity index is 1.67. The lowest BCUT2D eigenvalue weighted by atomic mass is 10.1. The third kappa shape index (κ3) is 3.36. The molecule has 21 heavy (non-hydrogen) atoms. The number of carbonyl (C=O) groups is 1. The maximum absolute atomic E-state index is 12.7. The molecule has 2 saturated heterocycles. The summed E-state index contributed by atoms with van der Waals surface area (Å²) in [6.45, 7) is 4.36. The van der Waals surface area contributed by atoms with Crippen LogP contribution in [0.5, 0.6) is 0 Å². The Hall–Kier alpha value is -1.17. The zero-order valence-corrected chi connectivity index (χ0v) is 12.8. The summed E-state index contributed by atoms with van der Waals surface area (Å²) in [5, 5.41) is 0.668. The molecule has 3 heterocycles. The number of pyridine rings is 1. The first-order chi connectivity index (χ1) is 10.3. The zero-order valence-electron chi connectivity index (χ0n) is 12.0. The van der Waals surface area contributed by atoms with Gasteiger partial charge in [-0.25, -0.2) is 0 Å². The summed E-state index contributed by atoms with van der Waals surface area (Å²) in [6.07, 6.45) is 5.39. The Labute approximate surface area is 129 Å². The zero-order chi connectivity index (χ0) is 14.7. The number of hydrogen-bond acceptors (Lipinski definition) is 4. The van der Waals surface area contributed by atoms with E-state index in [4.69, 9.17) is 16.3 Å². The molecular weight excluding hydrogens is 290 g/mol.